The topological polar surface area (TPSA) is 47.6 Å². The van der Waals surface area contributed by atoms with Crippen LogP contribution in [0.5, 0.6) is 0 Å². The van der Waals surface area contributed by atoms with Gasteiger partial charge < -0.3 is 20.4 Å². The number of carbonyl (C=O) groups is 1. The second kappa shape index (κ2) is 10.9. The molecular weight excluding hydrogens is 396 g/mol. The standard InChI is InChI=1S/C27H38N4O/c1-21(2)30-18-14-23(15-19-30)27(32)28-20-22-6-8-24(9-7-22)29-25-10-12-26(13-11-25)31-16-4-3-5-17-31/h6-13,21,23,29H,3-5,14-20H2,1-2H3,(H,28,32). The first-order chi connectivity index (χ1) is 15.6. The molecule has 2 N–H and O–H groups in total. The molecule has 2 saturated heterocycles. The van der Waals surface area contributed by atoms with Crippen molar-refractivity contribution in [3.05, 3.63) is 54.1 Å². The van der Waals surface area contributed by atoms with Crippen LogP contribution in [-0.2, 0) is 11.3 Å². The van der Waals surface area contributed by atoms with E-state index in [1.807, 2.05) is 0 Å². The smallest absolute Gasteiger partial charge is 0.223 e. The van der Waals surface area contributed by atoms with Crippen LogP contribution >= 0.6 is 0 Å². The summed E-state index contributed by atoms with van der Waals surface area (Å²) < 4.78 is 0. The van der Waals surface area contributed by atoms with Gasteiger partial charge in [0, 0.05) is 48.7 Å². The molecule has 4 rings (SSSR count). The van der Waals surface area contributed by atoms with Crippen LogP contribution in [0.3, 0.4) is 0 Å². The van der Waals surface area contributed by atoms with Gasteiger partial charge in [0.2, 0.25) is 5.91 Å². The predicted molar refractivity (Wildman–Crippen MR) is 134 cm³/mol. The molecule has 0 radical (unpaired) electrons. The van der Waals surface area contributed by atoms with Crippen LogP contribution in [-0.4, -0.2) is 43.0 Å². The Morgan fingerprint density at radius 2 is 1.47 bits per heavy atom. The highest BCUT2D eigenvalue weighted by Crippen LogP contribution is 2.24. The molecule has 0 atom stereocenters. The molecule has 5 heteroatoms. The summed E-state index contributed by atoms with van der Waals surface area (Å²) in [7, 11) is 0. The third kappa shape index (κ3) is 6.04. The Balaban J connectivity index is 1.23. The van der Waals surface area contributed by atoms with Crippen molar-refractivity contribution in [1.82, 2.24) is 10.2 Å². The predicted octanol–water partition coefficient (Wildman–Crippen LogP) is 5.16. The summed E-state index contributed by atoms with van der Waals surface area (Å²) >= 11 is 0. The number of amides is 1. The summed E-state index contributed by atoms with van der Waals surface area (Å²) in [5, 5.41) is 6.62. The normalized spacial score (nSPS) is 18.0. The Labute approximate surface area is 193 Å². The van der Waals surface area contributed by atoms with Gasteiger partial charge in [0.25, 0.3) is 0 Å². The minimum atomic E-state index is 0.152. The van der Waals surface area contributed by atoms with E-state index in [2.05, 4.69) is 82.8 Å². The highest BCUT2D eigenvalue weighted by molar-refractivity contribution is 5.78. The molecule has 5 nitrogen and oxygen atoms in total. The van der Waals surface area contributed by atoms with E-state index < -0.39 is 0 Å². The van der Waals surface area contributed by atoms with Crippen molar-refractivity contribution in [2.75, 3.05) is 36.4 Å². The van der Waals surface area contributed by atoms with Gasteiger partial charge in [-0.15, -0.1) is 0 Å². The number of piperidine rings is 2. The maximum absolute atomic E-state index is 12.6. The summed E-state index contributed by atoms with van der Waals surface area (Å²) in [4.78, 5) is 17.5. The Morgan fingerprint density at radius 3 is 2.06 bits per heavy atom. The van der Waals surface area contributed by atoms with E-state index in [0.29, 0.717) is 12.6 Å². The molecule has 0 unspecified atom stereocenters. The molecule has 1 amide bonds. The molecule has 32 heavy (non-hydrogen) atoms. The first kappa shape index (κ1) is 22.7. The van der Waals surface area contributed by atoms with E-state index in [4.69, 9.17) is 0 Å². The van der Waals surface area contributed by atoms with Crippen molar-refractivity contribution in [2.24, 2.45) is 5.92 Å². The second-order valence-corrected chi connectivity index (χ2v) is 9.54. The molecule has 2 fully saturated rings. The van der Waals surface area contributed by atoms with Gasteiger partial charge in [-0.1, -0.05) is 12.1 Å². The van der Waals surface area contributed by atoms with Gasteiger partial charge in [0.05, 0.1) is 0 Å². The molecule has 2 heterocycles. The lowest BCUT2D eigenvalue weighted by Gasteiger charge is -2.33. The fourth-order valence-corrected chi connectivity index (χ4v) is 4.79. The summed E-state index contributed by atoms with van der Waals surface area (Å²) in [6.45, 7) is 9.43. The highest BCUT2D eigenvalue weighted by Gasteiger charge is 2.25. The first-order valence-electron chi connectivity index (χ1n) is 12.3. The zero-order valence-electron chi connectivity index (χ0n) is 19.6. The van der Waals surface area contributed by atoms with E-state index in [1.54, 1.807) is 0 Å². The molecule has 0 bridgehead atoms. The van der Waals surface area contributed by atoms with Crippen LogP contribution in [0.1, 0.15) is 51.5 Å². The molecule has 172 valence electrons. The number of nitrogens with zero attached hydrogens (tertiary/aromatic N) is 2. The fourth-order valence-electron chi connectivity index (χ4n) is 4.79. The maximum Gasteiger partial charge on any atom is 0.223 e. The van der Waals surface area contributed by atoms with Crippen LogP contribution in [0.2, 0.25) is 0 Å². The van der Waals surface area contributed by atoms with Gasteiger partial charge in [-0.3, -0.25) is 4.79 Å². The molecule has 2 aromatic carbocycles. The number of likely N-dealkylation sites (tertiary alicyclic amines) is 1. The van der Waals surface area contributed by atoms with Gasteiger partial charge in [-0.25, -0.2) is 0 Å². The van der Waals surface area contributed by atoms with Gasteiger partial charge in [-0.2, -0.15) is 0 Å². The van der Waals surface area contributed by atoms with Crippen LogP contribution in [0.15, 0.2) is 48.5 Å². The van der Waals surface area contributed by atoms with Crippen LogP contribution in [0.25, 0.3) is 0 Å². The SMILES string of the molecule is CC(C)N1CCC(C(=O)NCc2ccc(Nc3ccc(N4CCCCC4)cc3)cc2)CC1. The lowest BCUT2D eigenvalue weighted by atomic mass is 9.95. The summed E-state index contributed by atoms with van der Waals surface area (Å²) in [5.74, 6) is 0.350. The Bertz CT molecular complexity index is 848. The third-order valence-corrected chi connectivity index (χ3v) is 6.93. The van der Waals surface area contributed by atoms with Crippen LogP contribution < -0.4 is 15.5 Å². The molecule has 0 aliphatic carbocycles. The zero-order valence-corrected chi connectivity index (χ0v) is 19.6. The lowest BCUT2D eigenvalue weighted by molar-refractivity contribution is -0.126. The van der Waals surface area contributed by atoms with Crippen LogP contribution in [0, 0.1) is 5.92 Å². The Kier molecular flexibility index (Phi) is 7.69. The maximum atomic E-state index is 12.6. The molecule has 0 saturated carbocycles. The fraction of sp³-hybridized carbons (Fsp3) is 0.519. The number of hydrogen-bond donors (Lipinski definition) is 2. The number of hydrogen-bond acceptors (Lipinski definition) is 4. The van der Waals surface area contributed by atoms with Crippen molar-refractivity contribution in [1.29, 1.82) is 0 Å². The zero-order chi connectivity index (χ0) is 22.3. The Morgan fingerprint density at radius 1 is 0.875 bits per heavy atom. The Hall–Kier alpha value is -2.53. The van der Waals surface area contributed by atoms with E-state index >= 15 is 0 Å². The van der Waals surface area contributed by atoms with Crippen molar-refractivity contribution in [3.8, 4) is 0 Å². The van der Waals surface area contributed by atoms with Gasteiger partial charge in [0.1, 0.15) is 0 Å². The van der Waals surface area contributed by atoms with Crippen molar-refractivity contribution in [3.63, 3.8) is 0 Å². The van der Waals surface area contributed by atoms with Crippen LogP contribution in [0.4, 0.5) is 17.1 Å². The third-order valence-electron chi connectivity index (χ3n) is 6.93. The van der Waals surface area contributed by atoms with Crippen molar-refractivity contribution < 1.29 is 4.79 Å². The number of rotatable bonds is 7. The second-order valence-electron chi connectivity index (χ2n) is 9.54. The van der Waals surface area contributed by atoms with Gasteiger partial charge >= 0.3 is 0 Å². The first-order valence-corrected chi connectivity index (χ1v) is 12.3. The number of carbonyl (C=O) groups excluding carboxylic acids is 1. The summed E-state index contributed by atoms with van der Waals surface area (Å²) in [6.07, 6.45) is 5.87. The molecule has 0 aromatic heterocycles. The molecule has 2 aliphatic heterocycles. The number of anilines is 3. The minimum absolute atomic E-state index is 0.152. The average molecular weight is 435 g/mol. The minimum Gasteiger partial charge on any atom is -0.372 e. The average Bonchev–Trinajstić information content (AvgIpc) is 2.84. The largest absolute Gasteiger partial charge is 0.372 e. The van der Waals surface area contributed by atoms with Gasteiger partial charge in [0.15, 0.2) is 0 Å². The quantitative estimate of drug-likeness (QED) is 0.632. The summed E-state index contributed by atoms with van der Waals surface area (Å²) in [6, 6.07) is 17.6. The van der Waals surface area contributed by atoms with E-state index in [-0.39, 0.29) is 11.8 Å². The highest BCUT2D eigenvalue weighted by atomic mass is 16.1. The molecular formula is C27H38N4O. The van der Waals surface area contributed by atoms with Gasteiger partial charge in [-0.05, 0) is 101 Å². The van der Waals surface area contributed by atoms with Crippen molar-refractivity contribution >= 4 is 23.0 Å². The number of nitrogens with one attached hydrogen (secondary N) is 2. The van der Waals surface area contributed by atoms with E-state index in [9.17, 15) is 4.79 Å². The molecule has 2 aromatic rings. The number of benzene rings is 2. The molecule has 0 spiro atoms. The summed E-state index contributed by atoms with van der Waals surface area (Å²) in [5.41, 5.74) is 4.60. The monoisotopic (exact) mass is 434 g/mol. The lowest BCUT2D eigenvalue weighted by Crippen LogP contribution is -2.42. The molecule has 2 aliphatic rings. The van der Waals surface area contributed by atoms with E-state index in [0.717, 1.165) is 42.9 Å². The van der Waals surface area contributed by atoms with Crippen molar-refractivity contribution in [2.45, 2.75) is 58.5 Å². The van der Waals surface area contributed by atoms with E-state index in [1.165, 1.54) is 38.0 Å².